The molecule has 134 valence electrons. The number of nitrogens with zero attached hydrogens (tertiary/aromatic N) is 1. The number of ether oxygens (including phenoxy) is 1. The Morgan fingerprint density at radius 2 is 1.85 bits per heavy atom. The van der Waals surface area contributed by atoms with E-state index in [1.807, 2.05) is 61.5 Å². The van der Waals surface area contributed by atoms with Crippen LogP contribution in [0.4, 0.5) is 0 Å². The van der Waals surface area contributed by atoms with Crippen LogP contribution >= 0.6 is 0 Å². The van der Waals surface area contributed by atoms with E-state index >= 15 is 0 Å². The summed E-state index contributed by atoms with van der Waals surface area (Å²) in [4.78, 5) is 29.5. The lowest BCUT2D eigenvalue weighted by Crippen LogP contribution is -2.34. The molecule has 0 radical (unpaired) electrons. The van der Waals surface area contributed by atoms with E-state index < -0.39 is 0 Å². The van der Waals surface area contributed by atoms with Crippen molar-refractivity contribution in [1.29, 1.82) is 0 Å². The van der Waals surface area contributed by atoms with Crippen molar-refractivity contribution < 1.29 is 9.53 Å². The van der Waals surface area contributed by atoms with Gasteiger partial charge in [-0.3, -0.25) is 9.59 Å². The Hall–Kier alpha value is -2.92. The van der Waals surface area contributed by atoms with Gasteiger partial charge in [0.05, 0.1) is 6.54 Å². The minimum atomic E-state index is -0.175. The zero-order valence-corrected chi connectivity index (χ0v) is 15.0. The maximum Gasteiger partial charge on any atom is 0.253 e. The zero-order valence-electron chi connectivity index (χ0n) is 15.0. The summed E-state index contributed by atoms with van der Waals surface area (Å²) in [5, 5.41) is 0.948. The predicted octanol–water partition coefficient (Wildman–Crippen LogP) is 3.01. The number of amides is 1. The summed E-state index contributed by atoms with van der Waals surface area (Å²) in [5.74, 6) is -0.153. The summed E-state index contributed by atoms with van der Waals surface area (Å²) < 4.78 is 5.00. The van der Waals surface area contributed by atoms with Crippen LogP contribution in [-0.2, 0) is 22.6 Å². The van der Waals surface area contributed by atoms with E-state index in [4.69, 9.17) is 4.74 Å². The molecule has 3 rings (SSSR count). The first-order chi connectivity index (χ1) is 12.6. The third kappa shape index (κ3) is 4.18. The monoisotopic (exact) mass is 350 g/mol. The van der Waals surface area contributed by atoms with Crippen molar-refractivity contribution in [1.82, 2.24) is 9.88 Å². The molecule has 0 atom stereocenters. The Balaban J connectivity index is 1.91. The van der Waals surface area contributed by atoms with Crippen molar-refractivity contribution in [3.63, 3.8) is 0 Å². The molecule has 0 fully saturated rings. The van der Waals surface area contributed by atoms with Crippen molar-refractivity contribution in [3.05, 3.63) is 81.6 Å². The van der Waals surface area contributed by atoms with Crippen molar-refractivity contribution in [3.8, 4) is 0 Å². The highest BCUT2D eigenvalue weighted by atomic mass is 16.5. The minimum absolute atomic E-state index is 0.0164. The molecule has 0 aliphatic heterocycles. The second-order valence-corrected chi connectivity index (χ2v) is 6.38. The van der Waals surface area contributed by atoms with Gasteiger partial charge in [-0.15, -0.1) is 0 Å². The fraction of sp³-hybridized carbons (Fsp3) is 0.238. The molecule has 0 aliphatic carbocycles. The number of aromatic amines is 1. The van der Waals surface area contributed by atoms with E-state index in [-0.39, 0.29) is 24.6 Å². The third-order valence-electron chi connectivity index (χ3n) is 4.28. The van der Waals surface area contributed by atoms with Crippen LogP contribution in [0.3, 0.4) is 0 Å². The van der Waals surface area contributed by atoms with Gasteiger partial charge in [-0.05, 0) is 35.6 Å². The molecule has 26 heavy (non-hydrogen) atoms. The number of hydrogen-bond donors (Lipinski definition) is 1. The molecule has 2 aromatic carbocycles. The number of carbonyl (C=O) groups is 1. The van der Waals surface area contributed by atoms with Crippen LogP contribution in [0.1, 0.15) is 16.7 Å². The van der Waals surface area contributed by atoms with E-state index in [2.05, 4.69) is 4.98 Å². The summed E-state index contributed by atoms with van der Waals surface area (Å²) >= 11 is 0. The highest BCUT2D eigenvalue weighted by molar-refractivity contribution is 5.80. The van der Waals surface area contributed by atoms with E-state index in [9.17, 15) is 9.59 Å². The van der Waals surface area contributed by atoms with Crippen LogP contribution in [0.15, 0.2) is 59.4 Å². The molecule has 1 amide bonds. The number of rotatable bonds is 6. The lowest BCUT2D eigenvalue weighted by atomic mass is 10.1. The lowest BCUT2D eigenvalue weighted by molar-refractivity contribution is -0.136. The molecule has 1 N–H and O–H groups in total. The Labute approximate surface area is 152 Å². The Morgan fingerprint density at radius 1 is 1.08 bits per heavy atom. The van der Waals surface area contributed by atoms with E-state index in [0.29, 0.717) is 12.1 Å². The third-order valence-corrected chi connectivity index (χ3v) is 4.28. The molecule has 1 aromatic heterocycles. The van der Waals surface area contributed by atoms with Gasteiger partial charge in [0.25, 0.3) is 5.56 Å². The predicted molar refractivity (Wildman–Crippen MR) is 102 cm³/mol. The minimum Gasteiger partial charge on any atom is -0.375 e. The summed E-state index contributed by atoms with van der Waals surface area (Å²) in [6.07, 6.45) is 0. The number of aromatic nitrogens is 1. The fourth-order valence-electron chi connectivity index (χ4n) is 2.93. The summed E-state index contributed by atoms with van der Waals surface area (Å²) in [6.45, 7) is 2.62. The van der Waals surface area contributed by atoms with Crippen molar-refractivity contribution in [2.75, 3.05) is 13.7 Å². The Kier molecular flexibility index (Phi) is 5.49. The maximum absolute atomic E-state index is 12.5. The second kappa shape index (κ2) is 7.97. The smallest absolute Gasteiger partial charge is 0.253 e. The van der Waals surface area contributed by atoms with Crippen molar-refractivity contribution >= 4 is 16.8 Å². The lowest BCUT2D eigenvalue weighted by Gasteiger charge is -2.22. The van der Waals surface area contributed by atoms with Gasteiger partial charge < -0.3 is 14.6 Å². The number of benzene rings is 2. The normalized spacial score (nSPS) is 10.8. The number of nitrogens with one attached hydrogen (secondary N) is 1. The van der Waals surface area contributed by atoms with Gasteiger partial charge in [-0.1, -0.05) is 42.5 Å². The first kappa shape index (κ1) is 17.9. The number of hydrogen-bond acceptors (Lipinski definition) is 3. The maximum atomic E-state index is 12.5. The van der Waals surface area contributed by atoms with Gasteiger partial charge in [-0.2, -0.15) is 0 Å². The number of H-pyrrole nitrogens is 1. The van der Waals surface area contributed by atoms with Crippen LogP contribution in [0.5, 0.6) is 0 Å². The molecular formula is C21H22N2O3. The molecule has 3 aromatic rings. The SMILES string of the molecule is COCC(=O)N(Cc1ccccc1)Cc1cc2ccc(C)cc2[nH]c1=O. The van der Waals surface area contributed by atoms with Crippen LogP contribution < -0.4 is 5.56 Å². The molecule has 1 heterocycles. The van der Waals surface area contributed by atoms with Crippen molar-refractivity contribution in [2.24, 2.45) is 0 Å². The van der Waals surface area contributed by atoms with Gasteiger partial charge >= 0.3 is 0 Å². The van der Waals surface area contributed by atoms with E-state index in [1.54, 1.807) is 4.90 Å². The topological polar surface area (TPSA) is 62.4 Å². The average molecular weight is 350 g/mol. The second-order valence-electron chi connectivity index (χ2n) is 6.38. The molecule has 0 saturated heterocycles. The molecule has 0 unspecified atom stereocenters. The Bertz CT molecular complexity index is 964. The molecule has 5 heteroatoms. The van der Waals surface area contributed by atoms with E-state index in [1.165, 1.54) is 7.11 Å². The number of methoxy groups -OCH3 is 1. The summed E-state index contributed by atoms with van der Waals surface area (Å²) in [5.41, 5.74) is 3.27. The molecule has 0 aliphatic rings. The highest BCUT2D eigenvalue weighted by Crippen LogP contribution is 2.15. The first-order valence-electron chi connectivity index (χ1n) is 8.50. The number of carbonyl (C=O) groups excluding carboxylic acids is 1. The van der Waals surface area contributed by atoms with Crippen LogP contribution in [0.2, 0.25) is 0 Å². The molecule has 0 saturated carbocycles. The van der Waals surface area contributed by atoms with Gasteiger partial charge in [0.15, 0.2) is 0 Å². The largest absolute Gasteiger partial charge is 0.375 e. The highest BCUT2D eigenvalue weighted by Gasteiger charge is 2.16. The standard InChI is InChI=1S/C21H22N2O3/c1-15-8-9-17-11-18(21(25)22-19(17)10-15)13-23(20(24)14-26-2)12-16-6-4-3-5-7-16/h3-11H,12-14H2,1-2H3,(H,22,25). The van der Waals surface area contributed by atoms with Gasteiger partial charge in [-0.25, -0.2) is 0 Å². The number of aryl methyl sites for hydroxylation is 1. The van der Waals surface area contributed by atoms with Crippen molar-refractivity contribution in [2.45, 2.75) is 20.0 Å². The average Bonchev–Trinajstić information content (AvgIpc) is 2.63. The van der Waals surface area contributed by atoms with Gasteiger partial charge in [0.1, 0.15) is 6.61 Å². The Morgan fingerprint density at radius 3 is 2.58 bits per heavy atom. The van der Waals surface area contributed by atoms with Gasteiger partial charge in [0, 0.05) is 24.7 Å². The first-order valence-corrected chi connectivity index (χ1v) is 8.50. The van der Waals surface area contributed by atoms with Crippen LogP contribution in [0.25, 0.3) is 10.9 Å². The molecule has 0 spiro atoms. The summed E-state index contributed by atoms with van der Waals surface area (Å²) in [6, 6.07) is 17.5. The molecule has 5 nitrogen and oxygen atoms in total. The summed E-state index contributed by atoms with van der Waals surface area (Å²) in [7, 11) is 1.49. The number of fused-ring (bicyclic) bond motifs is 1. The number of pyridine rings is 1. The van der Waals surface area contributed by atoms with E-state index in [0.717, 1.165) is 22.0 Å². The van der Waals surface area contributed by atoms with Crippen LogP contribution in [0, 0.1) is 6.92 Å². The molecule has 0 bridgehead atoms. The van der Waals surface area contributed by atoms with Gasteiger partial charge in [0.2, 0.25) is 5.91 Å². The fourth-order valence-corrected chi connectivity index (χ4v) is 2.93. The zero-order chi connectivity index (χ0) is 18.5. The molecular weight excluding hydrogens is 328 g/mol. The quantitative estimate of drug-likeness (QED) is 0.743. The van der Waals surface area contributed by atoms with Crippen LogP contribution in [-0.4, -0.2) is 29.5 Å².